The first-order chi connectivity index (χ1) is 9.04. The lowest BCUT2D eigenvalue weighted by Crippen LogP contribution is -2.21. The van der Waals surface area contributed by atoms with E-state index in [1.165, 1.54) is 17.8 Å². The van der Waals surface area contributed by atoms with Gasteiger partial charge in [0.1, 0.15) is 0 Å². The zero-order valence-electron chi connectivity index (χ0n) is 10.2. The summed E-state index contributed by atoms with van der Waals surface area (Å²) in [6.07, 6.45) is -0.837. The molecule has 19 heavy (non-hydrogen) atoms. The number of primary amides is 1. The Morgan fingerprint density at radius 1 is 1.37 bits per heavy atom. The van der Waals surface area contributed by atoms with Crippen LogP contribution in [0.4, 0.5) is 5.69 Å². The van der Waals surface area contributed by atoms with Crippen molar-refractivity contribution in [1.29, 1.82) is 0 Å². The molecule has 0 bridgehead atoms. The van der Waals surface area contributed by atoms with Gasteiger partial charge in [-0.1, -0.05) is 12.1 Å². The summed E-state index contributed by atoms with van der Waals surface area (Å²) in [6, 6.07) is 6.46. The predicted molar refractivity (Wildman–Crippen MR) is 74.0 cm³/mol. The minimum absolute atomic E-state index is 0.115. The summed E-state index contributed by atoms with van der Waals surface area (Å²) in [6.45, 7) is -0.334. The fourth-order valence-corrected chi connectivity index (χ4v) is 2.09. The molecule has 1 atom stereocenters. The van der Waals surface area contributed by atoms with Crippen LogP contribution in [0.2, 0.25) is 0 Å². The highest BCUT2D eigenvalue weighted by atomic mass is 32.2. The van der Waals surface area contributed by atoms with Crippen molar-refractivity contribution in [1.82, 2.24) is 0 Å². The molecule has 0 fully saturated rings. The summed E-state index contributed by atoms with van der Waals surface area (Å²) in [7, 11) is 0. The Hall–Kier alpha value is -1.57. The normalized spacial score (nSPS) is 11.9. The highest BCUT2D eigenvalue weighted by molar-refractivity contribution is 8.00. The SMILES string of the molecule is NC(=O)c1ccccc1NC(=O)CSCC(O)CO. The Morgan fingerprint density at radius 2 is 2.05 bits per heavy atom. The lowest BCUT2D eigenvalue weighted by molar-refractivity contribution is -0.113. The number of nitrogens with one attached hydrogen (secondary N) is 1. The van der Waals surface area contributed by atoms with Gasteiger partial charge < -0.3 is 21.3 Å². The van der Waals surface area contributed by atoms with E-state index in [2.05, 4.69) is 5.32 Å². The first-order valence-electron chi connectivity index (χ1n) is 5.60. The predicted octanol–water partition coefficient (Wildman–Crippen LogP) is -0.190. The van der Waals surface area contributed by atoms with Crippen molar-refractivity contribution in [2.24, 2.45) is 5.73 Å². The van der Waals surface area contributed by atoms with Crippen LogP contribution in [0.3, 0.4) is 0 Å². The highest BCUT2D eigenvalue weighted by Gasteiger charge is 2.11. The molecule has 0 saturated carbocycles. The van der Waals surface area contributed by atoms with Crippen molar-refractivity contribution in [3.8, 4) is 0 Å². The lowest BCUT2D eigenvalue weighted by atomic mass is 10.1. The van der Waals surface area contributed by atoms with Gasteiger partial charge in [-0.15, -0.1) is 11.8 Å². The van der Waals surface area contributed by atoms with E-state index in [-0.39, 0.29) is 29.6 Å². The number of carbonyl (C=O) groups is 2. The number of hydrogen-bond acceptors (Lipinski definition) is 5. The van der Waals surface area contributed by atoms with Crippen molar-refractivity contribution < 1.29 is 19.8 Å². The summed E-state index contributed by atoms with van der Waals surface area (Å²) >= 11 is 1.19. The largest absolute Gasteiger partial charge is 0.394 e. The molecule has 5 N–H and O–H groups in total. The number of aliphatic hydroxyl groups is 2. The zero-order chi connectivity index (χ0) is 14.3. The average Bonchev–Trinajstić information content (AvgIpc) is 2.38. The summed E-state index contributed by atoms with van der Waals surface area (Å²) in [4.78, 5) is 22.8. The van der Waals surface area contributed by atoms with Crippen LogP contribution in [0.25, 0.3) is 0 Å². The van der Waals surface area contributed by atoms with E-state index in [0.717, 1.165) is 0 Å². The van der Waals surface area contributed by atoms with Crippen LogP contribution in [0.1, 0.15) is 10.4 Å². The van der Waals surface area contributed by atoms with Gasteiger partial charge in [-0.2, -0.15) is 0 Å². The fourth-order valence-electron chi connectivity index (χ4n) is 1.33. The van der Waals surface area contributed by atoms with E-state index in [9.17, 15) is 9.59 Å². The average molecular weight is 284 g/mol. The molecular formula is C12H16N2O4S. The number of aliphatic hydroxyl groups excluding tert-OH is 2. The summed E-state index contributed by atoms with van der Waals surface area (Å²) in [5.41, 5.74) is 5.80. The molecule has 0 heterocycles. The number of hydrogen-bond donors (Lipinski definition) is 4. The number of anilines is 1. The van der Waals surface area contributed by atoms with E-state index in [1.54, 1.807) is 18.2 Å². The summed E-state index contributed by atoms with van der Waals surface area (Å²) < 4.78 is 0. The lowest BCUT2D eigenvalue weighted by Gasteiger charge is -2.09. The molecule has 0 aliphatic carbocycles. The summed E-state index contributed by atoms with van der Waals surface area (Å²) in [5.74, 6) is -0.533. The van der Waals surface area contributed by atoms with Crippen molar-refractivity contribution in [2.45, 2.75) is 6.10 Å². The van der Waals surface area contributed by atoms with E-state index in [0.29, 0.717) is 5.69 Å². The Balaban J connectivity index is 2.51. The maximum Gasteiger partial charge on any atom is 0.250 e. The molecule has 1 aromatic carbocycles. The van der Waals surface area contributed by atoms with E-state index < -0.39 is 12.0 Å². The second-order valence-corrected chi connectivity index (χ2v) is 4.84. The molecule has 2 amide bonds. The zero-order valence-corrected chi connectivity index (χ0v) is 11.0. The monoisotopic (exact) mass is 284 g/mol. The smallest absolute Gasteiger partial charge is 0.250 e. The highest BCUT2D eigenvalue weighted by Crippen LogP contribution is 2.14. The molecule has 0 aromatic heterocycles. The van der Waals surface area contributed by atoms with E-state index in [4.69, 9.17) is 15.9 Å². The number of benzene rings is 1. The van der Waals surface area contributed by atoms with Crippen molar-refractivity contribution in [3.05, 3.63) is 29.8 Å². The molecule has 1 rings (SSSR count). The Morgan fingerprint density at radius 3 is 2.68 bits per heavy atom. The Kier molecular flexibility index (Phi) is 6.34. The van der Waals surface area contributed by atoms with Gasteiger partial charge in [0, 0.05) is 5.75 Å². The molecule has 1 unspecified atom stereocenters. The van der Waals surface area contributed by atoms with E-state index >= 15 is 0 Å². The number of rotatable bonds is 7. The first kappa shape index (κ1) is 15.5. The van der Waals surface area contributed by atoms with E-state index in [1.807, 2.05) is 0 Å². The van der Waals surface area contributed by atoms with Crippen LogP contribution in [0, 0.1) is 0 Å². The molecule has 0 spiro atoms. The minimum Gasteiger partial charge on any atom is -0.394 e. The van der Waals surface area contributed by atoms with Gasteiger partial charge in [-0.05, 0) is 12.1 Å². The van der Waals surface area contributed by atoms with Crippen molar-refractivity contribution in [3.63, 3.8) is 0 Å². The van der Waals surface area contributed by atoms with Gasteiger partial charge in [-0.3, -0.25) is 9.59 Å². The van der Waals surface area contributed by atoms with Crippen molar-refractivity contribution >= 4 is 29.3 Å². The molecule has 104 valence electrons. The molecule has 6 nitrogen and oxygen atoms in total. The number of para-hydroxylation sites is 1. The topological polar surface area (TPSA) is 113 Å². The van der Waals surface area contributed by atoms with Crippen LogP contribution in [-0.4, -0.2) is 46.2 Å². The maximum absolute atomic E-state index is 11.6. The quantitative estimate of drug-likeness (QED) is 0.554. The third-order valence-corrected chi connectivity index (χ3v) is 3.31. The van der Waals surface area contributed by atoms with Crippen LogP contribution in [-0.2, 0) is 4.79 Å². The van der Waals surface area contributed by atoms with Crippen LogP contribution < -0.4 is 11.1 Å². The number of nitrogens with two attached hydrogens (primary N) is 1. The maximum atomic E-state index is 11.6. The molecule has 0 aliphatic heterocycles. The molecule has 0 saturated heterocycles. The number of carbonyl (C=O) groups excluding carboxylic acids is 2. The van der Waals surface area contributed by atoms with Gasteiger partial charge in [0.15, 0.2) is 0 Å². The van der Waals surface area contributed by atoms with Gasteiger partial charge in [0.2, 0.25) is 5.91 Å². The molecule has 0 aliphatic rings. The van der Waals surface area contributed by atoms with Gasteiger partial charge in [-0.25, -0.2) is 0 Å². The minimum atomic E-state index is -0.837. The first-order valence-corrected chi connectivity index (χ1v) is 6.75. The second-order valence-electron chi connectivity index (χ2n) is 3.81. The van der Waals surface area contributed by atoms with Crippen LogP contribution in [0.5, 0.6) is 0 Å². The Bertz CT molecular complexity index is 453. The number of amides is 2. The standard InChI is InChI=1S/C12H16N2O4S/c13-12(18)9-3-1-2-4-10(9)14-11(17)7-19-6-8(16)5-15/h1-4,8,15-16H,5-7H2,(H2,13,18)(H,14,17). The van der Waals surface area contributed by atoms with Gasteiger partial charge in [0.05, 0.1) is 29.7 Å². The van der Waals surface area contributed by atoms with Gasteiger partial charge >= 0.3 is 0 Å². The molecule has 1 aromatic rings. The van der Waals surface area contributed by atoms with Crippen LogP contribution in [0.15, 0.2) is 24.3 Å². The van der Waals surface area contributed by atoms with Gasteiger partial charge in [0.25, 0.3) is 5.91 Å². The Labute approximate surface area is 115 Å². The molecular weight excluding hydrogens is 268 g/mol. The van der Waals surface area contributed by atoms with Crippen molar-refractivity contribution in [2.75, 3.05) is 23.4 Å². The third kappa shape index (κ3) is 5.29. The fraction of sp³-hybridized carbons (Fsp3) is 0.333. The molecule has 0 radical (unpaired) electrons. The summed E-state index contributed by atoms with van der Waals surface area (Å²) in [5, 5.41) is 20.3. The third-order valence-electron chi connectivity index (χ3n) is 2.22. The second kappa shape index (κ2) is 7.78. The number of thioether (sulfide) groups is 1. The van der Waals surface area contributed by atoms with Crippen LogP contribution >= 0.6 is 11.8 Å². The molecule has 7 heteroatoms.